The molecule has 0 bridgehead atoms. The molecule has 12 heteroatoms. The van der Waals surface area contributed by atoms with Gasteiger partial charge in [-0.15, -0.1) is 5.53 Å². The highest BCUT2D eigenvalue weighted by molar-refractivity contribution is 6.35. The van der Waals surface area contributed by atoms with Gasteiger partial charge in [0.25, 0.3) is 0 Å². The topological polar surface area (TPSA) is 101 Å². The van der Waals surface area contributed by atoms with Gasteiger partial charge in [-0.2, -0.15) is 9.65 Å². The van der Waals surface area contributed by atoms with Gasteiger partial charge in [-0.3, -0.25) is 9.99 Å². The summed E-state index contributed by atoms with van der Waals surface area (Å²) in [5.74, 6) is -1.31. The van der Waals surface area contributed by atoms with Crippen molar-refractivity contribution in [1.82, 2.24) is 25.9 Å². The fourth-order valence-corrected chi connectivity index (χ4v) is 5.04. The van der Waals surface area contributed by atoms with Gasteiger partial charge in [0, 0.05) is 47.2 Å². The van der Waals surface area contributed by atoms with Crippen LogP contribution in [0.3, 0.4) is 0 Å². The second-order valence-electron chi connectivity index (χ2n) is 11.3. The zero-order valence-corrected chi connectivity index (χ0v) is 23.2. The molecule has 1 aromatic carbocycles. The van der Waals surface area contributed by atoms with Crippen LogP contribution in [0.1, 0.15) is 50.1 Å². The van der Waals surface area contributed by atoms with Crippen LogP contribution in [0.2, 0.25) is 5.02 Å². The van der Waals surface area contributed by atoms with Gasteiger partial charge in [0.05, 0.1) is 39.6 Å². The van der Waals surface area contributed by atoms with E-state index in [-0.39, 0.29) is 11.5 Å². The summed E-state index contributed by atoms with van der Waals surface area (Å²) in [6.07, 6.45) is 1.22. The minimum atomic E-state index is -2.39. The lowest BCUT2D eigenvalue weighted by Crippen LogP contribution is -2.39. The maximum absolute atomic E-state index is 13.9. The van der Waals surface area contributed by atoms with E-state index in [2.05, 4.69) is 58.4 Å². The zero-order valence-electron chi connectivity index (χ0n) is 22.5. The number of hydrazine groups is 2. The van der Waals surface area contributed by atoms with Crippen molar-refractivity contribution < 1.29 is 13.2 Å². The van der Waals surface area contributed by atoms with Crippen LogP contribution in [0.15, 0.2) is 42.4 Å². The van der Waals surface area contributed by atoms with Crippen LogP contribution in [0, 0.1) is 35.5 Å². The molecule has 1 aliphatic carbocycles. The number of nitrogens with zero attached hydrogens (tertiary/aromatic N) is 4. The van der Waals surface area contributed by atoms with Crippen molar-refractivity contribution in [3.8, 4) is 6.07 Å². The maximum atomic E-state index is 13.9. The van der Waals surface area contributed by atoms with E-state index in [9.17, 15) is 18.4 Å². The van der Waals surface area contributed by atoms with Crippen molar-refractivity contribution in [2.24, 2.45) is 11.3 Å². The molecule has 5 rings (SSSR count). The highest BCUT2D eigenvalue weighted by Crippen LogP contribution is 2.42. The Morgan fingerprint density at radius 2 is 2.05 bits per heavy atom. The Bertz CT molecular complexity index is 1510. The van der Waals surface area contributed by atoms with E-state index < -0.39 is 24.3 Å². The quantitative estimate of drug-likeness (QED) is 0.243. The smallest absolute Gasteiger partial charge is 0.243 e. The second-order valence-corrected chi connectivity index (χ2v) is 11.8. The summed E-state index contributed by atoms with van der Waals surface area (Å²) in [7, 11) is 0. The van der Waals surface area contributed by atoms with E-state index in [0.717, 1.165) is 0 Å². The number of hydrogen-bond acceptors (Lipinski definition) is 8. The summed E-state index contributed by atoms with van der Waals surface area (Å²) in [5, 5.41) is 19.3. The second kappa shape index (κ2) is 10.7. The monoisotopic (exact) mass is 570 g/mol. The van der Waals surface area contributed by atoms with Crippen molar-refractivity contribution in [2.45, 2.75) is 52.6 Å². The molecular formula is C28H30ClF3N8. The van der Waals surface area contributed by atoms with Crippen molar-refractivity contribution >= 4 is 33.9 Å². The third kappa shape index (κ3) is 5.74. The fraction of sp³-hybridized carbons (Fsp3) is 0.393. The molecule has 1 unspecified atom stereocenters. The molecule has 1 aliphatic heterocycles. The number of nitriles is 1. The minimum Gasteiger partial charge on any atom is -0.383 e. The summed E-state index contributed by atoms with van der Waals surface area (Å²) in [5.41, 5.74) is 9.91. The molecule has 0 amide bonds. The number of pyridine rings is 2. The molecule has 3 atom stereocenters. The number of anilines is 2. The van der Waals surface area contributed by atoms with Gasteiger partial charge in [-0.05, 0) is 37.0 Å². The summed E-state index contributed by atoms with van der Waals surface area (Å²) < 4.78 is 40.3. The number of alkyl halides is 2. The highest BCUT2D eigenvalue weighted by atomic mass is 35.5. The number of rotatable bonds is 8. The third-order valence-electron chi connectivity index (χ3n) is 6.96. The Balaban J connectivity index is 1.55. The molecule has 3 aromatic rings. The van der Waals surface area contributed by atoms with E-state index >= 15 is 0 Å². The lowest BCUT2D eigenvalue weighted by atomic mass is 9.96. The molecule has 2 aliphatic rings. The number of halogens is 4. The van der Waals surface area contributed by atoms with Gasteiger partial charge >= 0.3 is 0 Å². The third-order valence-corrected chi connectivity index (χ3v) is 7.25. The van der Waals surface area contributed by atoms with Crippen LogP contribution in [-0.2, 0) is 0 Å². The largest absolute Gasteiger partial charge is 0.383 e. The Morgan fingerprint density at radius 3 is 2.70 bits per heavy atom. The van der Waals surface area contributed by atoms with Crippen molar-refractivity contribution in [3.63, 3.8) is 0 Å². The lowest BCUT2D eigenvalue weighted by Gasteiger charge is -2.24. The number of benzene rings is 1. The lowest BCUT2D eigenvalue weighted by molar-refractivity contribution is 0.104. The van der Waals surface area contributed by atoms with Crippen LogP contribution in [0.5, 0.6) is 0 Å². The summed E-state index contributed by atoms with van der Waals surface area (Å²) in [6, 6.07) is 7.79. The predicted octanol–water partition coefficient (Wildman–Crippen LogP) is 6.03. The zero-order chi connectivity index (χ0) is 28.8. The van der Waals surface area contributed by atoms with Gasteiger partial charge in [0.2, 0.25) is 12.4 Å². The van der Waals surface area contributed by atoms with E-state index in [1.807, 2.05) is 6.07 Å². The minimum absolute atomic E-state index is 0.0510. The average molecular weight is 571 g/mol. The van der Waals surface area contributed by atoms with Gasteiger partial charge < -0.3 is 16.1 Å². The van der Waals surface area contributed by atoms with Crippen LogP contribution in [0.4, 0.5) is 24.5 Å². The summed E-state index contributed by atoms with van der Waals surface area (Å²) in [4.78, 5) is 8.40. The number of nitrogens with one attached hydrogen (secondary N) is 4. The molecule has 40 heavy (non-hydrogen) atoms. The van der Waals surface area contributed by atoms with Gasteiger partial charge in [0.15, 0.2) is 0 Å². The molecule has 0 radical (unpaired) electrons. The molecule has 4 N–H and O–H groups in total. The predicted molar refractivity (Wildman–Crippen MR) is 149 cm³/mol. The van der Waals surface area contributed by atoms with Gasteiger partial charge in [0.1, 0.15) is 6.07 Å². The first kappa shape index (κ1) is 27.8. The molecule has 210 valence electrons. The molecule has 2 aromatic heterocycles. The Morgan fingerprint density at radius 1 is 1.27 bits per heavy atom. The molecule has 3 heterocycles. The summed E-state index contributed by atoms with van der Waals surface area (Å²) in [6.45, 7) is 8.57. The molecule has 8 nitrogen and oxygen atoms in total. The number of fused-ring (bicyclic) bond motifs is 1. The first-order valence-corrected chi connectivity index (χ1v) is 13.3. The average Bonchev–Trinajstić information content (AvgIpc) is 3.55. The Kier molecular flexibility index (Phi) is 7.42. The van der Waals surface area contributed by atoms with Gasteiger partial charge in [-0.25, -0.2) is 13.8 Å². The van der Waals surface area contributed by atoms with Crippen LogP contribution >= 0.6 is 11.6 Å². The van der Waals surface area contributed by atoms with Crippen molar-refractivity contribution in [1.29, 1.82) is 5.26 Å². The number of aromatic nitrogens is 2. The SMILES string of the molecule is Cc1nc(F)ccc1[C@H](Nc1cc(Cl)c2ncc(C#N)c(NCC(C)(C)C)c2c1)C1=CN([C@@H]2CC2C(F)F)NN1. The van der Waals surface area contributed by atoms with Crippen LogP contribution in [-0.4, -0.2) is 34.0 Å². The molecular weight excluding hydrogens is 541 g/mol. The fourth-order valence-electron chi connectivity index (χ4n) is 4.77. The van der Waals surface area contributed by atoms with Gasteiger partial charge in [-0.1, -0.05) is 38.4 Å². The van der Waals surface area contributed by atoms with E-state index in [0.29, 0.717) is 62.8 Å². The van der Waals surface area contributed by atoms with E-state index in [4.69, 9.17) is 11.6 Å². The highest BCUT2D eigenvalue weighted by Gasteiger charge is 2.48. The maximum Gasteiger partial charge on any atom is 0.243 e. The Hall–Kier alpha value is -3.75. The van der Waals surface area contributed by atoms with Crippen molar-refractivity contribution in [2.75, 3.05) is 17.2 Å². The standard InChI is InChI=1S/C28H30ClF3N8/c1-14-17(5-6-23(30)36-14)26(21-12-40(39-38-21)22-9-18(22)27(31)32)37-16-7-19-24(35-13-28(2,3)4)15(10-33)11-34-25(19)20(29)8-16/h5-8,11-12,18,22,26-27,37-39H,9,13H2,1-4H3,(H,34,35)/t18?,22-,26+/m1/s1. The number of hydrogen-bond donors (Lipinski definition) is 4. The van der Waals surface area contributed by atoms with Crippen molar-refractivity contribution in [3.05, 3.63) is 70.2 Å². The molecule has 1 fully saturated rings. The normalized spacial score (nSPS) is 19.3. The van der Waals surface area contributed by atoms with E-state index in [1.165, 1.54) is 12.3 Å². The molecule has 1 saturated carbocycles. The summed E-state index contributed by atoms with van der Waals surface area (Å²) >= 11 is 6.68. The van der Waals surface area contributed by atoms with E-state index in [1.54, 1.807) is 30.3 Å². The number of aryl methyl sites for hydroxylation is 1. The van der Waals surface area contributed by atoms with Crippen LogP contribution in [0.25, 0.3) is 10.9 Å². The van der Waals surface area contributed by atoms with Crippen LogP contribution < -0.4 is 21.6 Å². The first-order chi connectivity index (χ1) is 18.9. The molecule has 0 spiro atoms. The molecule has 0 saturated heterocycles. The first-order valence-electron chi connectivity index (χ1n) is 12.9. The Labute approximate surface area is 235 Å².